The Labute approximate surface area is 136 Å². The minimum absolute atomic E-state index is 0.0863. The lowest BCUT2D eigenvalue weighted by Crippen LogP contribution is -2.69. The number of carbonyl (C=O) groups excluding carboxylic acids is 1. The maximum absolute atomic E-state index is 12.9. The predicted octanol–water partition coefficient (Wildman–Crippen LogP) is 2.10. The molecule has 0 radical (unpaired) electrons. The molecule has 2 heterocycles. The Kier molecular flexibility index (Phi) is 2.36. The molecule has 2 bridgehead atoms. The van der Waals surface area contributed by atoms with Crippen LogP contribution in [0.1, 0.15) is 24.5 Å². The molecular formula is C19H21NO3. The minimum Gasteiger partial charge on any atom is -0.493 e. The lowest BCUT2D eigenvalue weighted by molar-refractivity contribution is -0.140. The molecule has 0 aromatic heterocycles. The summed E-state index contributed by atoms with van der Waals surface area (Å²) in [7, 11) is 3.87. The van der Waals surface area contributed by atoms with Crippen LogP contribution >= 0.6 is 0 Å². The highest BCUT2D eigenvalue weighted by molar-refractivity contribution is 6.01. The summed E-state index contributed by atoms with van der Waals surface area (Å²) in [5, 5.41) is 0. The lowest BCUT2D eigenvalue weighted by Gasteiger charge is -2.58. The molecule has 4 heteroatoms. The Hall–Kier alpha value is -1.81. The van der Waals surface area contributed by atoms with Gasteiger partial charge in [0.15, 0.2) is 22.9 Å². The molecular weight excluding hydrogens is 290 g/mol. The van der Waals surface area contributed by atoms with Crippen LogP contribution in [0.25, 0.3) is 0 Å². The van der Waals surface area contributed by atoms with Crippen molar-refractivity contribution in [1.29, 1.82) is 0 Å². The zero-order valence-electron chi connectivity index (χ0n) is 13.8. The van der Waals surface area contributed by atoms with Gasteiger partial charge in [-0.2, -0.15) is 0 Å². The van der Waals surface area contributed by atoms with Crippen LogP contribution in [0.5, 0.6) is 11.5 Å². The van der Waals surface area contributed by atoms with E-state index in [2.05, 4.69) is 24.1 Å². The van der Waals surface area contributed by atoms with Gasteiger partial charge < -0.3 is 14.4 Å². The lowest BCUT2D eigenvalue weighted by atomic mass is 9.49. The van der Waals surface area contributed by atoms with Gasteiger partial charge in [0.2, 0.25) is 0 Å². The van der Waals surface area contributed by atoms with E-state index in [1.54, 1.807) is 13.2 Å². The average Bonchev–Trinajstić information content (AvgIpc) is 2.82. The van der Waals surface area contributed by atoms with Crippen LogP contribution in [-0.4, -0.2) is 43.0 Å². The van der Waals surface area contributed by atoms with Gasteiger partial charge >= 0.3 is 0 Å². The van der Waals surface area contributed by atoms with Crippen LogP contribution in [0, 0.1) is 5.92 Å². The van der Waals surface area contributed by atoms with Crippen molar-refractivity contribution in [1.82, 2.24) is 4.90 Å². The monoisotopic (exact) mass is 311 g/mol. The van der Waals surface area contributed by atoms with Crippen LogP contribution in [0.2, 0.25) is 0 Å². The topological polar surface area (TPSA) is 38.8 Å². The number of ketones is 1. The molecule has 0 N–H and O–H groups in total. The van der Waals surface area contributed by atoms with Gasteiger partial charge in [-0.15, -0.1) is 0 Å². The molecule has 0 saturated carbocycles. The normalized spacial score (nSPS) is 39.9. The zero-order chi connectivity index (χ0) is 16.0. The highest BCUT2D eigenvalue weighted by atomic mass is 16.5. The molecule has 2 aliphatic heterocycles. The van der Waals surface area contributed by atoms with Gasteiger partial charge in [-0.05, 0) is 51.1 Å². The van der Waals surface area contributed by atoms with Crippen molar-refractivity contribution in [3.05, 3.63) is 35.4 Å². The van der Waals surface area contributed by atoms with Crippen molar-refractivity contribution in [3.8, 4) is 11.5 Å². The van der Waals surface area contributed by atoms with E-state index in [0.29, 0.717) is 12.0 Å². The highest BCUT2D eigenvalue weighted by Gasteiger charge is 2.70. The van der Waals surface area contributed by atoms with E-state index in [4.69, 9.17) is 9.47 Å². The van der Waals surface area contributed by atoms with Crippen LogP contribution < -0.4 is 9.47 Å². The molecule has 5 rings (SSSR count). The van der Waals surface area contributed by atoms with Gasteiger partial charge in [0.1, 0.15) is 0 Å². The number of likely N-dealkylation sites (N-methyl/N-ethyl adjacent to an activating group) is 1. The number of piperidine rings is 1. The van der Waals surface area contributed by atoms with Gasteiger partial charge in [-0.3, -0.25) is 4.79 Å². The molecule has 4 aliphatic rings. The van der Waals surface area contributed by atoms with E-state index in [1.165, 1.54) is 11.1 Å². The maximum atomic E-state index is 12.9. The number of ether oxygens (including phenoxy) is 2. The standard InChI is InChI=1S/C19H21NO3/c1-18-15(21)7-5-12-13-10-11-4-6-14(22-3)17(23-18)16(11)19(12,18)8-9-20(13)2/h4-7,12-13H,8-10H2,1-3H3/t12-,13+,18-,19+/m0/s1. The number of carbonyl (C=O) groups is 1. The first-order chi connectivity index (χ1) is 11.0. The molecule has 1 saturated heterocycles. The minimum atomic E-state index is -0.807. The average molecular weight is 311 g/mol. The summed E-state index contributed by atoms with van der Waals surface area (Å²) in [6.07, 6.45) is 5.85. The molecule has 1 aromatic rings. The Morgan fingerprint density at radius 3 is 3.00 bits per heavy atom. The van der Waals surface area contributed by atoms with E-state index in [0.717, 1.165) is 30.9 Å². The number of likely N-dealkylation sites (tertiary alicyclic amines) is 1. The predicted molar refractivity (Wildman–Crippen MR) is 86.1 cm³/mol. The number of benzene rings is 1. The Bertz CT molecular complexity index is 770. The molecule has 120 valence electrons. The number of nitrogens with zero attached hydrogens (tertiary/aromatic N) is 1. The third-order valence-electron chi connectivity index (χ3n) is 6.79. The third-order valence-corrected chi connectivity index (χ3v) is 6.79. The molecule has 1 aromatic carbocycles. The fourth-order valence-electron chi connectivity index (χ4n) is 5.62. The fraction of sp³-hybridized carbons (Fsp3) is 0.526. The second-order valence-electron chi connectivity index (χ2n) is 7.49. The summed E-state index contributed by atoms with van der Waals surface area (Å²) in [4.78, 5) is 15.3. The second kappa shape index (κ2) is 3.99. The van der Waals surface area contributed by atoms with Gasteiger partial charge in [0.25, 0.3) is 0 Å². The van der Waals surface area contributed by atoms with Crippen molar-refractivity contribution in [3.63, 3.8) is 0 Å². The Balaban J connectivity index is 1.88. The molecule has 1 spiro atoms. The number of hydrogen-bond donors (Lipinski definition) is 0. The number of hydrogen-bond acceptors (Lipinski definition) is 4. The van der Waals surface area contributed by atoms with E-state index in [9.17, 15) is 4.79 Å². The summed E-state index contributed by atoms with van der Waals surface area (Å²) in [5.74, 6) is 1.96. The summed E-state index contributed by atoms with van der Waals surface area (Å²) < 4.78 is 11.9. The van der Waals surface area contributed by atoms with Crippen LogP contribution in [0.15, 0.2) is 24.3 Å². The quantitative estimate of drug-likeness (QED) is 0.796. The van der Waals surface area contributed by atoms with Gasteiger partial charge in [0, 0.05) is 17.5 Å². The third kappa shape index (κ3) is 1.28. The molecule has 23 heavy (non-hydrogen) atoms. The van der Waals surface area contributed by atoms with Crippen LogP contribution in [0.4, 0.5) is 0 Å². The smallest absolute Gasteiger partial charge is 0.199 e. The van der Waals surface area contributed by atoms with E-state index >= 15 is 0 Å². The Morgan fingerprint density at radius 1 is 1.39 bits per heavy atom. The van der Waals surface area contributed by atoms with Gasteiger partial charge in [0.05, 0.1) is 12.5 Å². The van der Waals surface area contributed by atoms with E-state index in [1.807, 2.05) is 13.0 Å². The molecule has 0 unspecified atom stereocenters. The molecule has 1 fully saturated rings. The Morgan fingerprint density at radius 2 is 2.22 bits per heavy atom. The molecule has 2 aliphatic carbocycles. The van der Waals surface area contributed by atoms with Gasteiger partial charge in [-0.25, -0.2) is 0 Å². The van der Waals surface area contributed by atoms with Crippen molar-refractivity contribution < 1.29 is 14.3 Å². The first kappa shape index (κ1) is 13.6. The summed E-state index contributed by atoms with van der Waals surface area (Å²) >= 11 is 0. The molecule has 0 amide bonds. The summed E-state index contributed by atoms with van der Waals surface area (Å²) in [5.41, 5.74) is 1.51. The zero-order valence-corrected chi connectivity index (χ0v) is 13.8. The summed E-state index contributed by atoms with van der Waals surface area (Å²) in [6, 6.07) is 4.59. The maximum Gasteiger partial charge on any atom is 0.199 e. The summed E-state index contributed by atoms with van der Waals surface area (Å²) in [6.45, 7) is 2.99. The highest BCUT2D eigenvalue weighted by Crippen LogP contribution is 2.65. The first-order valence-corrected chi connectivity index (χ1v) is 8.35. The van der Waals surface area contributed by atoms with Gasteiger partial charge in [-0.1, -0.05) is 12.1 Å². The molecule has 4 nitrogen and oxygen atoms in total. The van der Waals surface area contributed by atoms with Crippen LogP contribution in [0.3, 0.4) is 0 Å². The first-order valence-electron chi connectivity index (χ1n) is 8.35. The van der Waals surface area contributed by atoms with Crippen molar-refractivity contribution in [2.24, 2.45) is 5.92 Å². The fourth-order valence-corrected chi connectivity index (χ4v) is 5.62. The van der Waals surface area contributed by atoms with E-state index < -0.39 is 5.60 Å². The SMILES string of the molecule is COc1ccc2c3c1O[C@@]1(C)C(=O)C=C[C@H]4[C@@H](C2)N(C)CC[C@]341. The van der Waals surface area contributed by atoms with Crippen LogP contribution in [-0.2, 0) is 16.6 Å². The van der Waals surface area contributed by atoms with Crippen molar-refractivity contribution in [2.45, 2.75) is 36.8 Å². The number of methoxy groups -OCH3 is 1. The number of rotatable bonds is 1. The van der Waals surface area contributed by atoms with Crippen molar-refractivity contribution >= 4 is 5.78 Å². The van der Waals surface area contributed by atoms with E-state index in [-0.39, 0.29) is 11.2 Å². The second-order valence-corrected chi connectivity index (χ2v) is 7.49. The largest absolute Gasteiger partial charge is 0.493 e. The molecule has 4 atom stereocenters. The van der Waals surface area contributed by atoms with Crippen molar-refractivity contribution in [2.75, 3.05) is 20.7 Å².